The van der Waals surface area contributed by atoms with Crippen LogP contribution in [0.4, 0.5) is 5.13 Å². The summed E-state index contributed by atoms with van der Waals surface area (Å²) in [6, 6.07) is 0. The van der Waals surface area contributed by atoms with E-state index in [0.717, 1.165) is 11.4 Å². The van der Waals surface area contributed by atoms with Gasteiger partial charge >= 0.3 is 0 Å². The van der Waals surface area contributed by atoms with Crippen molar-refractivity contribution in [3.05, 3.63) is 16.5 Å². The fraction of sp³-hybridized carbons (Fsp3) is 0.600. The Kier molecular flexibility index (Phi) is 5.39. The van der Waals surface area contributed by atoms with Gasteiger partial charge in [0.05, 0.1) is 0 Å². The lowest BCUT2D eigenvalue weighted by Crippen LogP contribution is -2.41. The van der Waals surface area contributed by atoms with Crippen LogP contribution in [0.25, 0.3) is 0 Å². The third-order valence-corrected chi connectivity index (χ3v) is 7.52. The SMILES string of the molecule is CCc1nnc(NC(=O)C2CCN(S(=O)(=O)c3c(C)noc3C)CC2)s1. The van der Waals surface area contributed by atoms with Crippen molar-refractivity contribution in [1.29, 1.82) is 0 Å². The van der Waals surface area contributed by atoms with Crippen LogP contribution in [0.15, 0.2) is 9.42 Å². The van der Waals surface area contributed by atoms with Gasteiger partial charge in [0.15, 0.2) is 5.76 Å². The normalized spacial score (nSPS) is 16.7. The highest BCUT2D eigenvalue weighted by atomic mass is 32.2. The number of amides is 1. The quantitative estimate of drug-likeness (QED) is 0.813. The van der Waals surface area contributed by atoms with Gasteiger partial charge in [-0.3, -0.25) is 4.79 Å². The van der Waals surface area contributed by atoms with Crippen molar-refractivity contribution in [2.75, 3.05) is 18.4 Å². The minimum absolute atomic E-state index is 0.126. The summed E-state index contributed by atoms with van der Waals surface area (Å²) in [4.78, 5) is 12.5. The molecule has 1 amide bonds. The first-order valence-electron chi connectivity index (χ1n) is 8.39. The van der Waals surface area contributed by atoms with Gasteiger partial charge in [0.1, 0.15) is 15.6 Å². The summed E-state index contributed by atoms with van der Waals surface area (Å²) in [6.45, 7) is 5.72. The van der Waals surface area contributed by atoms with Crippen LogP contribution in [0, 0.1) is 19.8 Å². The number of aromatic nitrogens is 3. The monoisotopic (exact) mass is 399 g/mol. The number of hydrogen-bond donors (Lipinski definition) is 1. The van der Waals surface area contributed by atoms with Crippen LogP contribution < -0.4 is 5.32 Å². The van der Waals surface area contributed by atoms with Crippen LogP contribution in [0.5, 0.6) is 0 Å². The van der Waals surface area contributed by atoms with Gasteiger partial charge < -0.3 is 9.84 Å². The molecule has 0 radical (unpaired) electrons. The van der Waals surface area contributed by atoms with E-state index >= 15 is 0 Å². The molecule has 1 saturated heterocycles. The Balaban J connectivity index is 1.62. The summed E-state index contributed by atoms with van der Waals surface area (Å²) in [6.07, 6.45) is 1.67. The smallest absolute Gasteiger partial charge is 0.248 e. The van der Waals surface area contributed by atoms with Crippen LogP contribution in [0.3, 0.4) is 0 Å². The number of anilines is 1. The molecule has 3 rings (SSSR count). The first-order chi connectivity index (χ1) is 12.3. The van der Waals surface area contributed by atoms with E-state index in [1.54, 1.807) is 13.8 Å². The topological polar surface area (TPSA) is 118 Å². The maximum atomic E-state index is 12.8. The molecule has 0 saturated carbocycles. The molecule has 0 atom stereocenters. The van der Waals surface area contributed by atoms with Gasteiger partial charge in [-0.15, -0.1) is 10.2 Å². The molecule has 0 unspecified atom stereocenters. The molecule has 2 aromatic heterocycles. The second kappa shape index (κ2) is 7.41. The number of carbonyl (C=O) groups is 1. The Labute approximate surface area is 155 Å². The first kappa shape index (κ1) is 18.9. The molecule has 1 aliphatic rings. The van der Waals surface area contributed by atoms with Gasteiger partial charge in [-0.25, -0.2) is 8.42 Å². The molecule has 26 heavy (non-hydrogen) atoms. The average Bonchev–Trinajstić information content (AvgIpc) is 3.21. The van der Waals surface area contributed by atoms with E-state index in [4.69, 9.17) is 4.52 Å². The number of rotatable bonds is 5. The molecule has 0 bridgehead atoms. The molecule has 1 N–H and O–H groups in total. The predicted molar refractivity (Wildman–Crippen MR) is 95.4 cm³/mol. The molecule has 0 aromatic carbocycles. The summed E-state index contributed by atoms with van der Waals surface area (Å²) in [7, 11) is -3.66. The van der Waals surface area contributed by atoms with Gasteiger partial charge in [0, 0.05) is 19.0 Å². The number of sulfonamides is 1. The molecular weight excluding hydrogens is 378 g/mol. The predicted octanol–water partition coefficient (Wildman–Crippen LogP) is 1.74. The van der Waals surface area contributed by atoms with Crippen molar-refractivity contribution >= 4 is 32.4 Å². The molecule has 1 fully saturated rings. The van der Waals surface area contributed by atoms with Crippen molar-refractivity contribution in [2.45, 2.75) is 44.9 Å². The molecular formula is C15H21N5O4S2. The molecule has 0 aliphatic carbocycles. The molecule has 0 spiro atoms. The molecule has 3 heterocycles. The van der Waals surface area contributed by atoms with E-state index in [1.165, 1.54) is 15.6 Å². The zero-order chi connectivity index (χ0) is 18.9. The summed E-state index contributed by atoms with van der Waals surface area (Å²) in [5.74, 6) is -0.108. The van der Waals surface area contributed by atoms with Crippen molar-refractivity contribution < 1.29 is 17.7 Å². The maximum Gasteiger partial charge on any atom is 0.248 e. The number of carbonyl (C=O) groups excluding carboxylic acids is 1. The number of hydrogen-bond acceptors (Lipinski definition) is 8. The number of nitrogens with one attached hydrogen (secondary N) is 1. The summed E-state index contributed by atoms with van der Waals surface area (Å²) < 4.78 is 32.0. The van der Waals surface area contributed by atoms with Crippen LogP contribution in [0.1, 0.15) is 36.2 Å². The molecule has 142 valence electrons. The maximum absolute atomic E-state index is 12.8. The minimum atomic E-state index is -3.66. The largest absolute Gasteiger partial charge is 0.360 e. The lowest BCUT2D eigenvalue weighted by Gasteiger charge is -2.30. The van der Waals surface area contributed by atoms with E-state index in [9.17, 15) is 13.2 Å². The van der Waals surface area contributed by atoms with Crippen LogP contribution in [0.2, 0.25) is 0 Å². The zero-order valence-corrected chi connectivity index (χ0v) is 16.5. The van der Waals surface area contributed by atoms with Crippen molar-refractivity contribution in [3.8, 4) is 0 Å². The molecule has 2 aromatic rings. The third kappa shape index (κ3) is 3.64. The average molecular weight is 399 g/mol. The van der Waals surface area contributed by atoms with Crippen molar-refractivity contribution in [3.63, 3.8) is 0 Å². The molecule has 9 nitrogen and oxygen atoms in total. The number of nitrogens with zero attached hydrogens (tertiary/aromatic N) is 4. The highest BCUT2D eigenvalue weighted by molar-refractivity contribution is 7.89. The summed E-state index contributed by atoms with van der Waals surface area (Å²) in [5.41, 5.74) is 0.352. The van der Waals surface area contributed by atoms with E-state index in [1.807, 2.05) is 6.92 Å². The van der Waals surface area contributed by atoms with Crippen LogP contribution >= 0.6 is 11.3 Å². The first-order valence-corrected chi connectivity index (χ1v) is 10.6. The van der Waals surface area contributed by atoms with Crippen LogP contribution in [-0.4, -0.2) is 47.1 Å². The van der Waals surface area contributed by atoms with Gasteiger partial charge in [-0.05, 0) is 33.1 Å². The lowest BCUT2D eigenvalue weighted by atomic mass is 9.97. The zero-order valence-electron chi connectivity index (χ0n) is 14.9. The molecule has 11 heteroatoms. The van der Waals surface area contributed by atoms with Gasteiger partial charge in [-0.2, -0.15) is 4.31 Å². The Bertz CT molecular complexity index is 878. The van der Waals surface area contributed by atoms with E-state index in [-0.39, 0.29) is 35.6 Å². The third-order valence-electron chi connectivity index (χ3n) is 4.39. The number of aryl methyl sites for hydroxylation is 3. The summed E-state index contributed by atoms with van der Waals surface area (Å²) in [5, 5.41) is 15.8. The Hall–Kier alpha value is -1.85. The number of piperidine rings is 1. The Morgan fingerprint density at radius 1 is 1.31 bits per heavy atom. The highest BCUT2D eigenvalue weighted by Gasteiger charge is 2.35. The van der Waals surface area contributed by atoms with E-state index < -0.39 is 10.0 Å². The molecule has 1 aliphatic heterocycles. The second-order valence-electron chi connectivity index (χ2n) is 6.18. The van der Waals surface area contributed by atoms with E-state index in [2.05, 4.69) is 20.7 Å². The fourth-order valence-corrected chi connectivity index (χ4v) is 5.43. The Morgan fingerprint density at radius 3 is 2.54 bits per heavy atom. The van der Waals surface area contributed by atoms with E-state index in [0.29, 0.717) is 23.7 Å². The van der Waals surface area contributed by atoms with Crippen molar-refractivity contribution in [2.24, 2.45) is 5.92 Å². The van der Waals surface area contributed by atoms with Crippen LogP contribution in [-0.2, 0) is 21.2 Å². The Morgan fingerprint density at radius 2 is 2.00 bits per heavy atom. The second-order valence-corrected chi connectivity index (χ2v) is 9.11. The lowest BCUT2D eigenvalue weighted by molar-refractivity contribution is -0.120. The van der Waals surface area contributed by atoms with Crippen molar-refractivity contribution in [1.82, 2.24) is 19.7 Å². The van der Waals surface area contributed by atoms with Gasteiger partial charge in [-0.1, -0.05) is 23.4 Å². The fourth-order valence-electron chi connectivity index (χ4n) is 2.98. The van der Waals surface area contributed by atoms with Gasteiger partial charge in [0.2, 0.25) is 21.1 Å². The van der Waals surface area contributed by atoms with Gasteiger partial charge in [0.25, 0.3) is 0 Å². The summed E-state index contributed by atoms with van der Waals surface area (Å²) >= 11 is 1.35. The highest BCUT2D eigenvalue weighted by Crippen LogP contribution is 2.28. The minimum Gasteiger partial charge on any atom is -0.360 e. The standard InChI is InChI=1S/C15H21N5O4S2/c1-4-12-17-18-15(25-12)16-14(21)11-5-7-20(8-6-11)26(22,23)13-9(2)19-24-10(13)3/h11H,4-8H2,1-3H3,(H,16,18,21).